The first-order valence-corrected chi connectivity index (χ1v) is 9.17. The lowest BCUT2D eigenvalue weighted by Gasteiger charge is -2.05. The minimum absolute atomic E-state index is 0.108. The Balaban J connectivity index is 2.17. The van der Waals surface area contributed by atoms with Gasteiger partial charge in [-0.3, -0.25) is 4.79 Å². The second-order valence-electron chi connectivity index (χ2n) is 4.31. The second-order valence-corrected chi connectivity index (χ2v) is 7.59. The van der Waals surface area contributed by atoms with E-state index < -0.39 is 9.84 Å². The average molecular weight is 318 g/mol. The summed E-state index contributed by atoms with van der Waals surface area (Å²) in [5, 5.41) is 9.52. The number of para-hydroxylation sites is 1. The summed E-state index contributed by atoms with van der Waals surface area (Å²) in [5.74, 6) is -0.0167. The largest absolute Gasteiger partial charge is 0.507 e. The number of thioether (sulfide) groups is 1. The number of sulfone groups is 1. The first-order chi connectivity index (χ1) is 9.38. The predicted octanol–water partition coefficient (Wildman–Crippen LogP) is 1.85. The molecule has 5 nitrogen and oxygen atoms in total. The Bertz CT molecular complexity index is 539. The van der Waals surface area contributed by atoms with E-state index in [-0.39, 0.29) is 29.8 Å². The third-order valence-corrected chi connectivity index (χ3v) is 4.45. The van der Waals surface area contributed by atoms with Gasteiger partial charge in [-0.15, -0.1) is 11.8 Å². The van der Waals surface area contributed by atoms with E-state index in [1.807, 2.05) is 0 Å². The molecule has 0 aromatic heterocycles. The lowest BCUT2D eigenvalue weighted by Crippen LogP contribution is -2.10. The maximum Gasteiger partial charge on any atom is 0.316 e. The fourth-order valence-electron chi connectivity index (χ4n) is 1.41. The number of unbranched alkanes of at least 4 members (excludes halogenated alkanes) is 1. The molecular formula is C13H18O5S2. The molecule has 1 aromatic carbocycles. The number of carbonyl (C=O) groups excluding carboxylic acids is 1. The quantitative estimate of drug-likeness (QED) is 0.447. The van der Waals surface area contributed by atoms with Gasteiger partial charge in [-0.2, -0.15) is 0 Å². The third-order valence-electron chi connectivity index (χ3n) is 2.38. The maximum atomic E-state index is 11.4. The molecule has 0 atom stereocenters. The molecule has 0 aliphatic carbocycles. The van der Waals surface area contributed by atoms with Gasteiger partial charge in [-0.25, -0.2) is 8.42 Å². The van der Waals surface area contributed by atoms with Crippen LogP contribution in [0.25, 0.3) is 0 Å². The molecule has 0 fully saturated rings. The lowest BCUT2D eigenvalue weighted by molar-refractivity contribution is -0.140. The monoisotopic (exact) mass is 318 g/mol. The zero-order valence-electron chi connectivity index (χ0n) is 11.2. The number of phenols is 1. The highest BCUT2D eigenvalue weighted by molar-refractivity contribution is 8.00. The Morgan fingerprint density at radius 3 is 2.65 bits per heavy atom. The van der Waals surface area contributed by atoms with Gasteiger partial charge in [-0.1, -0.05) is 12.1 Å². The van der Waals surface area contributed by atoms with E-state index in [1.165, 1.54) is 18.0 Å². The van der Waals surface area contributed by atoms with Gasteiger partial charge in [-0.05, 0) is 25.0 Å². The van der Waals surface area contributed by atoms with E-state index in [0.717, 1.165) is 0 Å². The Labute approximate surface area is 123 Å². The van der Waals surface area contributed by atoms with Crippen molar-refractivity contribution in [3.05, 3.63) is 24.3 Å². The molecule has 0 heterocycles. The van der Waals surface area contributed by atoms with Crippen molar-refractivity contribution in [2.24, 2.45) is 0 Å². The zero-order valence-corrected chi connectivity index (χ0v) is 12.9. The van der Waals surface area contributed by atoms with Crippen molar-refractivity contribution < 1.29 is 23.1 Å². The molecule has 112 valence electrons. The van der Waals surface area contributed by atoms with Crippen LogP contribution in [0, 0.1) is 0 Å². The number of hydrogen-bond donors (Lipinski definition) is 1. The number of benzene rings is 1. The Morgan fingerprint density at radius 2 is 2.00 bits per heavy atom. The van der Waals surface area contributed by atoms with Crippen LogP contribution in [0.15, 0.2) is 29.2 Å². The van der Waals surface area contributed by atoms with Gasteiger partial charge < -0.3 is 9.84 Å². The Hall–Kier alpha value is -1.21. The van der Waals surface area contributed by atoms with Gasteiger partial charge in [0, 0.05) is 11.2 Å². The van der Waals surface area contributed by atoms with Crippen molar-refractivity contribution in [2.45, 2.75) is 17.7 Å². The molecule has 1 N–H and O–H groups in total. The molecule has 0 spiro atoms. The van der Waals surface area contributed by atoms with Crippen molar-refractivity contribution >= 4 is 27.6 Å². The van der Waals surface area contributed by atoms with Crippen molar-refractivity contribution in [3.63, 3.8) is 0 Å². The Morgan fingerprint density at radius 1 is 1.30 bits per heavy atom. The van der Waals surface area contributed by atoms with Crippen LogP contribution in [0.2, 0.25) is 0 Å². The third kappa shape index (κ3) is 7.40. The molecule has 7 heteroatoms. The molecule has 1 aromatic rings. The molecule has 0 unspecified atom stereocenters. The number of rotatable bonds is 8. The van der Waals surface area contributed by atoms with Crippen LogP contribution in [-0.2, 0) is 19.4 Å². The van der Waals surface area contributed by atoms with Crippen LogP contribution < -0.4 is 0 Å². The van der Waals surface area contributed by atoms with Crippen LogP contribution in [0.4, 0.5) is 0 Å². The number of aromatic hydroxyl groups is 1. The van der Waals surface area contributed by atoms with E-state index in [0.29, 0.717) is 17.7 Å². The van der Waals surface area contributed by atoms with E-state index in [9.17, 15) is 18.3 Å². The number of esters is 1. The van der Waals surface area contributed by atoms with Gasteiger partial charge >= 0.3 is 5.97 Å². The van der Waals surface area contributed by atoms with E-state index >= 15 is 0 Å². The van der Waals surface area contributed by atoms with Crippen LogP contribution in [-0.4, -0.2) is 43.9 Å². The predicted molar refractivity (Wildman–Crippen MR) is 78.7 cm³/mol. The molecular weight excluding hydrogens is 300 g/mol. The summed E-state index contributed by atoms with van der Waals surface area (Å²) in [7, 11) is -2.95. The van der Waals surface area contributed by atoms with Crippen molar-refractivity contribution in [1.29, 1.82) is 0 Å². The summed E-state index contributed by atoms with van der Waals surface area (Å²) in [4.78, 5) is 12.1. The normalized spacial score (nSPS) is 11.2. The fourth-order valence-corrected chi connectivity index (χ4v) is 2.89. The molecule has 0 aliphatic heterocycles. The molecule has 0 amide bonds. The highest BCUT2D eigenvalue weighted by Crippen LogP contribution is 2.27. The van der Waals surface area contributed by atoms with Gasteiger partial charge in [0.05, 0.1) is 18.1 Å². The molecule has 0 aliphatic rings. The second kappa shape index (κ2) is 8.16. The zero-order chi connectivity index (χ0) is 15.0. The minimum atomic E-state index is -2.95. The summed E-state index contributed by atoms with van der Waals surface area (Å²) >= 11 is 1.20. The summed E-state index contributed by atoms with van der Waals surface area (Å²) in [6, 6.07) is 6.76. The van der Waals surface area contributed by atoms with Crippen LogP contribution in [0.5, 0.6) is 5.75 Å². The molecule has 0 radical (unpaired) electrons. The summed E-state index contributed by atoms with van der Waals surface area (Å²) in [6.45, 7) is 0.218. The molecule has 20 heavy (non-hydrogen) atoms. The minimum Gasteiger partial charge on any atom is -0.507 e. The number of hydrogen-bond acceptors (Lipinski definition) is 6. The first-order valence-electron chi connectivity index (χ1n) is 6.12. The lowest BCUT2D eigenvalue weighted by atomic mass is 10.3. The van der Waals surface area contributed by atoms with E-state index in [1.54, 1.807) is 24.3 Å². The van der Waals surface area contributed by atoms with Crippen LogP contribution in [0.1, 0.15) is 12.8 Å². The van der Waals surface area contributed by atoms with Gasteiger partial charge in [0.25, 0.3) is 0 Å². The summed E-state index contributed by atoms with van der Waals surface area (Å²) < 4.78 is 26.8. The highest BCUT2D eigenvalue weighted by Gasteiger charge is 2.07. The van der Waals surface area contributed by atoms with Crippen LogP contribution >= 0.6 is 11.8 Å². The van der Waals surface area contributed by atoms with Crippen molar-refractivity contribution in [3.8, 4) is 5.75 Å². The van der Waals surface area contributed by atoms with E-state index in [4.69, 9.17) is 4.74 Å². The SMILES string of the molecule is CS(=O)(=O)CCCCOC(=O)CSc1ccccc1O. The topological polar surface area (TPSA) is 80.7 Å². The smallest absolute Gasteiger partial charge is 0.316 e. The average Bonchev–Trinajstić information content (AvgIpc) is 2.36. The summed E-state index contributed by atoms with van der Waals surface area (Å²) in [6.07, 6.45) is 2.20. The molecule has 0 bridgehead atoms. The van der Waals surface area contributed by atoms with Crippen LogP contribution in [0.3, 0.4) is 0 Å². The summed E-state index contributed by atoms with van der Waals surface area (Å²) in [5.41, 5.74) is 0. The van der Waals surface area contributed by atoms with Crippen molar-refractivity contribution in [1.82, 2.24) is 0 Å². The molecule has 0 saturated carbocycles. The first kappa shape index (κ1) is 16.8. The number of carbonyl (C=O) groups is 1. The number of phenolic OH excluding ortho intramolecular Hbond substituents is 1. The molecule has 0 saturated heterocycles. The van der Waals surface area contributed by atoms with Gasteiger partial charge in [0.15, 0.2) is 0 Å². The van der Waals surface area contributed by atoms with Crippen molar-refractivity contribution in [2.75, 3.05) is 24.4 Å². The van der Waals surface area contributed by atoms with Gasteiger partial charge in [0.2, 0.25) is 0 Å². The maximum absolute atomic E-state index is 11.4. The number of ether oxygens (including phenoxy) is 1. The van der Waals surface area contributed by atoms with E-state index in [2.05, 4.69) is 0 Å². The standard InChI is InChI=1S/C13H18O5S2/c1-20(16,17)9-5-4-8-18-13(15)10-19-12-7-3-2-6-11(12)14/h2-3,6-7,14H,4-5,8-10H2,1H3. The molecule has 1 rings (SSSR count). The fraction of sp³-hybridized carbons (Fsp3) is 0.462. The van der Waals surface area contributed by atoms with Gasteiger partial charge in [0.1, 0.15) is 15.6 Å². The highest BCUT2D eigenvalue weighted by atomic mass is 32.2. The Kier molecular flexibility index (Phi) is 6.87.